The first kappa shape index (κ1) is 23.4. The molecule has 160 valence electrons. The molecule has 4 rings (SSSR count). The van der Waals surface area contributed by atoms with E-state index in [0.717, 1.165) is 17.5 Å². The molecule has 1 fully saturated rings. The Labute approximate surface area is 181 Å². The van der Waals surface area contributed by atoms with Crippen molar-refractivity contribution >= 4 is 17.1 Å². The number of nitriles is 1. The van der Waals surface area contributed by atoms with Crippen LogP contribution in [0.25, 0.3) is 16.6 Å². The molecule has 1 amide bonds. The smallest absolute Gasteiger partial charge is 0.252 e. The molecule has 0 saturated heterocycles. The van der Waals surface area contributed by atoms with Crippen molar-refractivity contribution in [3.05, 3.63) is 53.9 Å². The van der Waals surface area contributed by atoms with E-state index in [0.29, 0.717) is 29.6 Å². The molecule has 1 aliphatic rings. The Bertz CT molecular complexity index is 1110. The molecule has 0 bridgehead atoms. The van der Waals surface area contributed by atoms with E-state index in [1.165, 1.54) is 6.20 Å². The lowest BCUT2D eigenvalue weighted by Crippen LogP contribution is -2.27. The number of carbonyl (C=O) groups excluding carboxylic acids is 1. The van der Waals surface area contributed by atoms with E-state index in [1.54, 1.807) is 22.8 Å². The Morgan fingerprint density at radius 1 is 1.32 bits per heavy atom. The van der Waals surface area contributed by atoms with Gasteiger partial charge in [0, 0.05) is 17.3 Å². The van der Waals surface area contributed by atoms with Crippen LogP contribution in [0.4, 0.5) is 10.1 Å². The average Bonchev–Trinajstić information content (AvgIpc) is 3.42. The van der Waals surface area contributed by atoms with Crippen molar-refractivity contribution in [2.75, 3.05) is 5.32 Å². The van der Waals surface area contributed by atoms with Gasteiger partial charge in [0.25, 0.3) is 5.91 Å². The number of nitrogens with zero attached hydrogens (tertiary/aromatic N) is 3. The van der Waals surface area contributed by atoms with E-state index in [-0.39, 0.29) is 11.6 Å². The van der Waals surface area contributed by atoms with Gasteiger partial charge in [0.1, 0.15) is 6.17 Å². The van der Waals surface area contributed by atoms with Gasteiger partial charge >= 0.3 is 0 Å². The summed E-state index contributed by atoms with van der Waals surface area (Å²) in [7, 11) is 0. The number of rotatable bonds is 4. The quantitative estimate of drug-likeness (QED) is 0.606. The number of anilines is 1. The van der Waals surface area contributed by atoms with Gasteiger partial charge in [-0.25, -0.2) is 8.91 Å². The number of halogens is 1. The molecule has 3 aromatic rings. The van der Waals surface area contributed by atoms with E-state index < -0.39 is 12.1 Å². The van der Waals surface area contributed by atoms with E-state index >= 15 is 0 Å². The summed E-state index contributed by atoms with van der Waals surface area (Å²) in [6.45, 7) is 4.00. The lowest BCUT2D eigenvalue weighted by molar-refractivity contribution is 0.100. The van der Waals surface area contributed by atoms with Crippen molar-refractivity contribution in [2.24, 2.45) is 5.73 Å². The van der Waals surface area contributed by atoms with Gasteiger partial charge in [0.15, 0.2) is 0 Å². The van der Waals surface area contributed by atoms with Crippen LogP contribution in [0, 0.1) is 24.2 Å². The monoisotopic (exact) mass is 419 g/mol. The summed E-state index contributed by atoms with van der Waals surface area (Å²) in [5.41, 5.74) is 8.92. The van der Waals surface area contributed by atoms with Crippen LogP contribution in [0.5, 0.6) is 0 Å². The third-order valence-electron chi connectivity index (χ3n) is 5.02. The van der Waals surface area contributed by atoms with Crippen LogP contribution < -0.4 is 11.1 Å². The number of alkyl halides is 1. The number of primary amides is 1. The maximum atomic E-state index is 14.1. The number of hydrogen-bond donors (Lipinski definition) is 2. The van der Waals surface area contributed by atoms with Gasteiger partial charge in [-0.3, -0.25) is 4.79 Å². The zero-order chi connectivity index (χ0) is 23.0. The molecule has 2 atom stereocenters. The number of nitrogens with two attached hydrogens (primary N) is 1. The van der Waals surface area contributed by atoms with Crippen molar-refractivity contribution < 1.29 is 9.18 Å². The molecule has 0 radical (unpaired) electrons. The highest BCUT2D eigenvalue weighted by Gasteiger charge is 2.29. The van der Waals surface area contributed by atoms with Crippen molar-refractivity contribution in [3.63, 3.8) is 0 Å². The second-order valence-corrected chi connectivity index (χ2v) is 6.71. The molecule has 0 spiro atoms. The van der Waals surface area contributed by atoms with Gasteiger partial charge in [-0.2, -0.15) is 10.4 Å². The van der Waals surface area contributed by atoms with Crippen LogP contribution in [0.1, 0.15) is 49.0 Å². The van der Waals surface area contributed by atoms with Crippen LogP contribution in [0.2, 0.25) is 0 Å². The van der Waals surface area contributed by atoms with Gasteiger partial charge in [0.05, 0.1) is 40.6 Å². The standard InChI is InChI=1S/C20H18FN5O.C2H6.C2H2/c21-16-6-3-7-17(16)25-19-15(20(23)27)10-24-26-11-13(8-18(19)26)14-5-2-1-4-12(14)9-22;2*1-2/h1-2,4-5,8,10-11,16-17,25H,3,6-7H2,(H2,23,27);1-2H3;1-2H/t16-,17+;;/m0../s1. The van der Waals surface area contributed by atoms with Crippen LogP contribution >= 0.6 is 0 Å². The topological polar surface area (TPSA) is 96.2 Å². The van der Waals surface area contributed by atoms with Gasteiger partial charge < -0.3 is 11.1 Å². The van der Waals surface area contributed by atoms with Gasteiger partial charge in [-0.15, -0.1) is 12.8 Å². The molecular formula is C24H26FN5O. The van der Waals surface area contributed by atoms with Crippen molar-refractivity contribution in [2.45, 2.75) is 45.3 Å². The highest BCUT2D eigenvalue weighted by molar-refractivity contribution is 6.02. The van der Waals surface area contributed by atoms with Crippen LogP contribution in [0.15, 0.2) is 42.7 Å². The molecule has 31 heavy (non-hydrogen) atoms. The Hall–Kier alpha value is -3.84. The first-order chi connectivity index (χ1) is 15.1. The normalized spacial score (nSPS) is 16.9. The number of hydrogen-bond acceptors (Lipinski definition) is 4. The highest BCUT2D eigenvalue weighted by Crippen LogP contribution is 2.33. The van der Waals surface area contributed by atoms with Crippen molar-refractivity contribution in [1.82, 2.24) is 9.61 Å². The number of aromatic nitrogens is 2. The zero-order valence-electron chi connectivity index (χ0n) is 17.7. The van der Waals surface area contributed by atoms with E-state index in [1.807, 2.05) is 32.0 Å². The molecule has 2 aromatic heterocycles. The zero-order valence-corrected chi connectivity index (χ0v) is 17.7. The molecule has 0 unspecified atom stereocenters. The number of benzene rings is 1. The van der Waals surface area contributed by atoms with Crippen LogP contribution in [-0.2, 0) is 0 Å². The first-order valence-corrected chi connectivity index (χ1v) is 10.1. The van der Waals surface area contributed by atoms with Crippen molar-refractivity contribution in [3.8, 4) is 30.0 Å². The van der Waals surface area contributed by atoms with Gasteiger partial charge in [0.2, 0.25) is 0 Å². The van der Waals surface area contributed by atoms with Crippen LogP contribution in [-0.4, -0.2) is 27.7 Å². The summed E-state index contributed by atoms with van der Waals surface area (Å²) in [6.07, 6.45) is 12.2. The maximum Gasteiger partial charge on any atom is 0.252 e. The predicted octanol–water partition coefficient (Wildman–Crippen LogP) is 4.55. The molecule has 2 heterocycles. The molecule has 1 aliphatic carbocycles. The minimum Gasteiger partial charge on any atom is -0.377 e. The highest BCUT2D eigenvalue weighted by atomic mass is 19.1. The molecule has 3 N–H and O–H groups in total. The van der Waals surface area contributed by atoms with Crippen molar-refractivity contribution in [1.29, 1.82) is 5.26 Å². The molecule has 1 saturated carbocycles. The Morgan fingerprint density at radius 2 is 2.03 bits per heavy atom. The fourth-order valence-corrected chi connectivity index (χ4v) is 3.64. The number of carbonyl (C=O) groups is 1. The van der Waals surface area contributed by atoms with Gasteiger partial charge in [-0.05, 0) is 31.4 Å². The molecular weight excluding hydrogens is 393 g/mol. The fraction of sp³-hybridized carbons (Fsp3) is 0.292. The second kappa shape index (κ2) is 10.8. The SMILES string of the molecule is C#C.CC.N#Cc1ccccc1-c1cc2c(N[C@@H]3CCC[C@@H]3F)c(C(N)=O)cnn2c1. The van der Waals surface area contributed by atoms with Crippen LogP contribution in [0.3, 0.4) is 0 Å². The lowest BCUT2D eigenvalue weighted by Gasteiger charge is -2.19. The lowest BCUT2D eigenvalue weighted by atomic mass is 10.0. The number of terminal acetylenes is 1. The number of nitrogens with one attached hydrogen (secondary N) is 1. The third kappa shape index (κ3) is 4.84. The van der Waals surface area contributed by atoms with E-state index in [2.05, 4.69) is 29.3 Å². The molecule has 0 aliphatic heterocycles. The summed E-state index contributed by atoms with van der Waals surface area (Å²) in [5, 5.41) is 16.8. The number of fused-ring (bicyclic) bond motifs is 1. The summed E-state index contributed by atoms with van der Waals surface area (Å²) in [5.74, 6) is -0.624. The summed E-state index contributed by atoms with van der Waals surface area (Å²) >= 11 is 0. The number of amides is 1. The third-order valence-corrected chi connectivity index (χ3v) is 5.02. The predicted molar refractivity (Wildman–Crippen MR) is 121 cm³/mol. The largest absolute Gasteiger partial charge is 0.377 e. The maximum absolute atomic E-state index is 14.1. The average molecular weight is 420 g/mol. The summed E-state index contributed by atoms with van der Waals surface area (Å²) in [6, 6.07) is 10.9. The van der Waals surface area contributed by atoms with E-state index in [4.69, 9.17) is 5.73 Å². The van der Waals surface area contributed by atoms with Gasteiger partial charge in [-0.1, -0.05) is 32.0 Å². The summed E-state index contributed by atoms with van der Waals surface area (Å²) < 4.78 is 15.7. The molecule has 1 aromatic carbocycles. The molecule has 7 heteroatoms. The summed E-state index contributed by atoms with van der Waals surface area (Å²) in [4.78, 5) is 11.9. The Balaban J connectivity index is 0.000000807. The molecule has 6 nitrogen and oxygen atoms in total. The first-order valence-electron chi connectivity index (χ1n) is 10.1. The Kier molecular flexibility index (Phi) is 8.16. The minimum absolute atomic E-state index is 0.222. The second-order valence-electron chi connectivity index (χ2n) is 6.71. The minimum atomic E-state index is -0.965. The van der Waals surface area contributed by atoms with E-state index in [9.17, 15) is 14.4 Å². The fourth-order valence-electron chi connectivity index (χ4n) is 3.64. The Morgan fingerprint density at radius 3 is 2.65 bits per heavy atom.